The Bertz CT molecular complexity index is 786. The fraction of sp³-hybridized carbons (Fsp3) is 0.200. The zero-order chi connectivity index (χ0) is 13.0. The van der Waals surface area contributed by atoms with E-state index in [9.17, 15) is 5.11 Å². The molecule has 0 saturated carbocycles. The van der Waals surface area contributed by atoms with E-state index in [0.29, 0.717) is 5.75 Å². The van der Waals surface area contributed by atoms with E-state index in [1.165, 1.54) is 34.9 Å². The SMILES string of the molecule is Cc1cc2c(sc3c(C)c(O)ccc32)c(C)c1I. The third kappa shape index (κ3) is 1.57. The van der Waals surface area contributed by atoms with Gasteiger partial charge in [-0.15, -0.1) is 11.3 Å². The summed E-state index contributed by atoms with van der Waals surface area (Å²) in [6.45, 7) is 6.33. The van der Waals surface area contributed by atoms with Gasteiger partial charge in [-0.1, -0.05) is 0 Å². The fourth-order valence-corrected chi connectivity index (χ4v) is 4.29. The predicted molar refractivity (Wildman–Crippen MR) is 87.9 cm³/mol. The number of thiophene rings is 1. The summed E-state index contributed by atoms with van der Waals surface area (Å²) in [5, 5.41) is 12.4. The fourth-order valence-electron chi connectivity index (χ4n) is 2.40. The molecular weight excluding hydrogens is 355 g/mol. The standard InChI is InChI=1S/C15H13IOS/c1-7-6-11-10-4-5-12(17)8(2)14(10)18-15(11)9(3)13(7)16/h4-6,17H,1-3H3. The first-order chi connectivity index (χ1) is 8.50. The number of phenols is 1. The minimum Gasteiger partial charge on any atom is -0.508 e. The molecule has 0 radical (unpaired) electrons. The van der Waals surface area contributed by atoms with Crippen molar-refractivity contribution in [3.8, 4) is 5.75 Å². The predicted octanol–water partition coefficient (Wildman–Crippen LogP) is 5.29. The Balaban J connectivity index is 2.59. The van der Waals surface area contributed by atoms with Gasteiger partial charge in [0.15, 0.2) is 0 Å². The Morgan fingerprint density at radius 1 is 1.00 bits per heavy atom. The quantitative estimate of drug-likeness (QED) is 0.535. The van der Waals surface area contributed by atoms with Crippen LogP contribution in [0.1, 0.15) is 16.7 Å². The third-order valence-corrected chi connectivity index (χ3v) is 6.61. The van der Waals surface area contributed by atoms with Crippen LogP contribution in [0.3, 0.4) is 0 Å². The number of phenolic OH excluding ortho intramolecular Hbond substituents is 1. The van der Waals surface area contributed by atoms with E-state index >= 15 is 0 Å². The van der Waals surface area contributed by atoms with Crippen LogP contribution in [0, 0.1) is 24.3 Å². The lowest BCUT2D eigenvalue weighted by Gasteiger charge is -2.04. The molecule has 0 unspecified atom stereocenters. The highest BCUT2D eigenvalue weighted by molar-refractivity contribution is 14.1. The van der Waals surface area contributed by atoms with Crippen LogP contribution in [0.5, 0.6) is 5.75 Å². The highest BCUT2D eigenvalue weighted by Crippen LogP contribution is 2.41. The molecule has 0 spiro atoms. The normalized spacial score (nSPS) is 11.6. The van der Waals surface area contributed by atoms with E-state index in [1.54, 1.807) is 17.4 Å². The minimum absolute atomic E-state index is 0.387. The van der Waals surface area contributed by atoms with Crippen LogP contribution in [0.2, 0.25) is 0 Å². The van der Waals surface area contributed by atoms with Gasteiger partial charge < -0.3 is 5.11 Å². The summed E-state index contributed by atoms with van der Waals surface area (Å²) >= 11 is 4.20. The number of hydrogen-bond donors (Lipinski definition) is 1. The molecule has 0 amide bonds. The number of aromatic hydroxyl groups is 1. The first-order valence-electron chi connectivity index (χ1n) is 5.81. The summed E-state index contributed by atoms with van der Waals surface area (Å²) in [4.78, 5) is 0. The first-order valence-corrected chi connectivity index (χ1v) is 7.70. The Labute approximate surface area is 124 Å². The van der Waals surface area contributed by atoms with Gasteiger partial charge in [0.2, 0.25) is 0 Å². The van der Waals surface area contributed by atoms with Crippen LogP contribution >= 0.6 is 33.9 Å². The second-order valence-corrected chi connectivity index (χ2v) is 6.80. The zero-order valence-electron chi connectivity index (χ0n) is 10.5. The molecule has 3 heteroatoms. The number of fused-ring (bicyclic) bond motifs is 3. The van der Waals surface area contributed by atoms with Gasteiger partial charge in [-0.2, -0.15) is 0 Å². The van der Waals surface area contributed by atoms with E-state index in [-0.39, 0.29) is 0 Å². The Morgan fingerprint density at radius 2 is 1.67 bits per heavy atom. The largest absolute Gasteiger partial charge is 0.508 e. The van der Waals surface area contributed by atoms with E-state index in [1.807, 2.05) is 13.0 Å². The number of aryl methyl sites for hydroxylation is 3. The van der Waals surface area contributed by atoms with Gasteiger partial charge >= 0.3 is 0 Å². The number of rotatable bonds is 0. The Hall–Kier alpha value is -0.810. The van der Waals surface area contributed by atoms with Crippen LogP contribution in [0.4, 0.5) is 0 Å². The number of hydrogen-bond acceptors (Lipinski definition) is 2. The molecule has 0 aliphatic heterocycles. The lowest BCUT2D eigenvalue weighted by molar-refractivity contribution is 0.472. The van der Waals surface area contributed by atoms with Gasteiger partial charge in [-0.3, -0.25) is 0 Å². The summed E-state index contributed by atoms with van der Waals surface area (Å²) in [7, 11) is 0. The molecule has 92 valence electrons. The molecule has 0 fully saturated rings. The number of benzene rings is 2. The van der Waals surface area contributed by atoms with Crippen LogP contribution in [0.25, 0.3) is 20.2 Å². The lowest BCUT2D eigenvalue weighted by Crippen LogP contribution is -1.85. The Kier molecular flexibility index (Phi) is 2.79. The molecule has 1 aromatic heterocycles. The third-order valence-electron chi connectivity index (χ3n) is 3.49. The first kappa shape index (κ1) is 12.2. The summed E-state index contributed by atoms with van der Waals surface area (Å²) < 4.78 is 3.89. The van der Waals surface area contributed by atoms with Gasteiger partial charge in [0, 0.05) is 29.3 Å². The maximum atomic E-state index is 9.83. The molecular formula is C15H13IOS. The zero-order valence-corrected chi connectivity index (χ0v) is 13.4. The molecule has 3 aromatic rings. The van der Waals surface area contributed by atoms with Crippen molar-refractivity contribution in [2.24, 2.45) is 0 Å². The van der Waals surface area contributed by atoms with Crippen molar-refractivity contribution in [2.75, 3.05) is 0 Å². The molecule has 2 aromatic carbocycles. The smallest absolute Gasteiger partial charge is 0.119 e. The summed E-state index contributed by atoms with van der Waals surface area (Å²) in [6.07, 6.45) is 0. The lowest BCUT2D eigenvalue weighted by atomic mass is 10.0. The summed E-state index contributed by atoms with van der Waals surface area (Å²) in [5.41, 5.74) is 3.66. The van der Waals surface area contributed by atoms with Crippen molar-refractivity contribution in [3.63, 3.8) is 0 Å². The maximum Gasteiger partial charge on any atom is 0.119 e. The second-order valence-electron chi connectivity index (χ2n) is 4.70. The highest BCUT2D eigenvalue weighted by atomic mass is 127. The van der Waals surface area contributed by atoms with Gasteiger partial charge in [-0.05, 0) is 72.7 Å². The average Bonchev–Trinajstić information content (AvgIpc) is 2.71. The molecule has 0 aliphatic rings. The molecule has 3 rings (SSSR count). The molecule has 18 heavy (non-hydrogen) atoms. The summed E-state index contributed by atoms with van der Waals surface area (Å²) in [6, 6.07) is 6.09. The molecule has 0 saturated heterocycles. The van der Waals surface area contributed by atoms with E-state index in [2.05, 4.69) is 42.5 Å². The molecule has 0 atom stereocenters. The Morgan fingerprint density at radius 3 is 2.39 bits per heavy atom. The molecule has 0 aliphatic carbocycles. The van der Waals surface area contributed by atoms with Gasteiger partial charge in [0.25, 0.3) is 0 Å². The second kappa shape index (κ2) is 4.10. The van der Waals surface area contributed by atoms with Crippen LogP contribution in [-0.4, -0.2) is 5.11 Å². The average molecular weight is 368 g/mol. The van der Waals surface area contributed by atoms with Crippen LogP contribution in [0.15, 0.2) is 18.2 Å². The monoisotopic (exact) mass is 368 g/mol. The topological polar surface area (TPSA) is 20.2 Å². The molecule has 0 bridgehead atoms. The van der Waals surface area contributed by atoms with Gasteiger partial charge in [0.1, 0.15) is 5.75 Å². The van der Waals surface area contributed by atoms with Crippen molar-refractivity contribution in [1.29, 1.82) is 0 Å². The maximum absolute atomic E-state index is 9.83. The van der Waals surface area contributed by atoms with E-state index < -0.39 is 0 Å². The molecule has 1 N–H and O–H groups in total. The van der Waals surface area contributed by atoms with Crippen molar-refractivity contribution in [2.45, 2.75) is 20.8 Å². The van der Waals surface area contributed by atoms with Crippen molar-refractivity contribution in [3.05, 3.63) is 38.5 Å². The van der Waals surface area contributed by atoms with Crippen LogP contribution < -0.4 is 0 Å². The van der Waals surface area contributed by atoms with Gasteiger partial charge in [0.05, 0.1) is 0 Å². The molecule has 1 heterocycles. The minimum atomic E-state index is 0.387. The van der Waals surface area contributed by atoms with Crippen LogP contribution in [-0.2, 0) is 0 Å². The van der Waals surface area contributed by atoms with Crippen molar-refractivity contribution >= 4 is 54.1 Å². The van der Waals surface area contributed by atoms with Crippen molar-refractivity contribution in [1.82, 2.24) is 0 Å². The summed E-state index contributed by atoms with van der Waals surface area (Å²) in [5.74, 6) is 0.387. The highest BCUT2D eigenvalue weighted by Gasteiger charge is 2.13. The van der Waals surface area contributed by atoms with E-state index in [4.69, 9.17) is 0 Å². The van der Waals surface area contributed by atoms with E-state index in [0.717, 1.165) is 5.56 Å². The molecule has 1 nitrogen and oxygen atoms in total. The van der Waals surface area contributed by atoms with Gasteiger partial charge in [-0.25, -0.2) is 0 Å². The van der Waals surface area contributed by atoms with Crippen molar-refractivity contribution < 1.29 is 5.11 Å². The number of halogens is 1.